The van der Waals surface area contributed by atoms with E-state index >= 15 is 0 Å². The van der Waals surface area contributed by atoms with E-state index in [1.54, 1.807) is 30.3 Å². The molecule has 0 saturated carbocycles. The van der Waals surface area contributed by atoms with Crippen molar-refractivity contribution in [1.29, 1.82) is 0 Å². The average Bonchev–Trinajstić information content (AvgIpc) is 2.88. The van der Waals surface area contributed by atoms with Gasteiger partial charge in [-0.05, 0) is 47.9 Å². The molecule has 2 aliphatic rings. The lowest BCUT2D eigenvalue weighted by Crippen LogP contribution is -2.34. The summed E-state index contributed by atoms with van der Waals surface area (Å²) < 4.78 is 5.99. The van der Waals surface area contributed by atoms with E-state index in [-0.39, 0.29) is 17.5 Å². The second kappa shape index (κ2) is 4.63. The first kappa shape index (κ1) is 14.1. The molecule has 0 atom stereocenters. The zero-order valence-electron chi connectivity index (χ0n) is 13.2. The number of fused-ring (bicyclic) bond motifs is 6. The van der Waals surface area contributed by atoms with Crippen LogP contribution in [0.25, 0.3) is 0 Å². The number of aromatic hydroxyl groups is 2. The fourth-order valence-electron chi connectivity index (χ4n) is 4.11. The molecule has 0 aromatic heterocycles. The Morgan fingerprint density at radius 3 is 2.04 bits per heavy atom. The molecule has 1 aliphatic heterocycles. The quantitative estimate of drug-likeness (QED) is 0.620. The molecule has 2 N–H and O–H groups in total. The Morgan fingerprint density at radius 2 is 1.40 bits per heavy atom. The van der Waals surface area contributed by atoms with Crippen LogP contribution in [-0.2, 0) is 16.8 Å². The summed E-state index contributed by atoms with van der Waals surface area (Å²) >= 11 is 0. The van der Waals surface area contributed by atoms with Crippen LogP contribution in [0.4, 0.5) is 0 Å². The second-order valence-electron chi connectivity index (χ2n) is 6.48. The molecule has 5 rings (SSSR count). The van der Waals surface area contributed by atoms with Crippen LogP contribution < -0.4 is 0 Å². The van der Waals surface area contributed by atoms with Gasteiger partial charge in [-0.25, -0.2) is 4.79 Å². The summed E-state index contributed by atoms with van der Waals surface area (Å²) in [5, 5.41) is 19.8. The van der Waals surface area contributed by atoms with Crippen LogP contribution in [0.15, 0.2) is 60.7 Å². The highest BCUT2D eigenvalue weighted by atomic mass is 16.6. The van der Waals surface area contributed by atoms with Crippen molar-refractivity contribution < 1.29 is 19.7 Å². The minimum atomic E-state index is -1.04. The van der Waals surface area contributed by atoms with Crippen molar-refractivity contribution in [1.82, 2.24) is 0 Å². The Bertz CT molecular complexity index is 1000. The van der Waals surface area contributed by atoms with Crippen molar-refractivity contribution >= 4 is 5.97 Å². The number of esters is 1. The molecule has 0 radical (unpaired) electrons. The van der Waals surface area contributed by atoms with Gasteiger partial charge in [0.2, 0.25) is 0 Å². The fourth-order valence-corrected chi connectivity index (χ4v) is 4.11. The summed E-state index contributed by atoms with van der Waals surface area (Å²) in [5.41, 5.74) is 3.74. The van der Waals surface area contributed by atoms with Crippen molar-refractivity contribution in [3.63, 3.8) is 0 Å². The summed E-state index contributed by atoms with van der Waals surface area (Å²) in [6.45, 7) is 0. The first-order valence-corrected chi connectivity index (χ1v) is 8.07. The molecule has 4 nitrogen and oxygen atoms in total. The fraction of sp³-hybridized carbons (Fsp3) is 0.0952. The minimum absolute atomic E-state index is 0.162. The van der Waals surface area contributed by atoms with Crippen LogP contribution in [0, 0.1) is 0 Å². The van der Waals surface area contributed by atoms with E-state index in [4.69, 9.17) is 4.74 Å². The summed E-state index contributed by atoms with van der Waals surface area (Å²) in [4.78, 5) is 12.6. The van der Waals surface area contributed by atoms with E-state index in [1.807, 2.05) is 30.3 Å². The Hall–Kier alpha value is -3.27. The van der Waals surface area contributed by atoms with Crippen LogP contribution in [0.3, 0.4) is 0 Å². The lowest BCUT2D eigenvalue weighted by Gasteiger charge is -2.37. The molecule has 0 saturated heterocycles. The van der Waals surface area contributed by atoms with Crippen LogP contribution in [0.2, 0.25) is 0 Å². The maximum atomic E-state index is 12.6. The van der Waals surface area contributed by atoms with Crippen molar-refractivity contribution in [2.45, 2.75) is 12.0 Å². The van der Waals surface area contributed by atoms with E-state index in [2.05, 4.69) is 0 Å². The molecule has 3 aromatic rings. The van der Waals surface area contributed by atoms with E-state index in [0.29, 0.717) is 12.0 Å². The Labute approximate surface area is 143 Å². The maximum Gasteiger partial charge on any atom is 0.340 e. The molecule has 25 heavy (non-hydrogen) atoms. The van der Waals surface area contributed by atoms with Gasteiger partial charge in [0, 0.05) is 16.7 Å². The molecular weight excluding hydrogens is 316 g/mol. The van der Waals surface area contributed by atoms with Gasteiger partial charge in [0.15, 0.2) is 5.60 Å². The van der Waals surface area contributed by atoms with Crippen LogP contribution in [0.1, 0.15) is 38.2 Å². The number of phenols is 2. The summed E-state index contributed by atoms with van der Waals surface area (Å²) in [6, 6.07) is 17.6. The van der Waals surface area contributed by atoms with Crippen molar-refractivity contribution in [3.05, 3.63) is 94.0 Å². The number of hydrogen-bond donors (Lipinski definition) is 2. The standard InChI is InChI=1S/C21H14O4/c22-14-5-7-17-12(10-14)9-13-11-15(23)6-8-18(13)21(17)19-4-2-1-3-16(19)20(24)25-21/h1-8,10-11,22-23H,9H2. The maximum absolute atomic E-state index is 12.6. The zero-order chi connectivity index (χ0) is 17.2. The van der Waals surface area contributed by atoms with Crippen molar-refractivity contribution in [3.8, 4) is 11.5 Å². The summed E-state index contributed by atoms with van der Waals surface area (Å²) in [6.07, 6.45) is 0.551. The first-order valence-electron chi connectivity index (χ1n) is 8.07. The van der Waals surface area contributed by atoms with E-state index in [1.165, 1.54) is 0 Å². The SMILES string of the molecule is O=C1OC2(c3ccc(O)cc3Cc3cc(O)ccc32)c2ccccc21. The summed E-state index contributed by atoms with van der Waals surface area (Å²) in [7, 11) is 0. The number of ether oxygens (including phenoxy) is 1. The van der Waals surface area contributed by atoms with Gasteiger partial charge in [-0.3, -0.25) is 0 Å². The van der Waals surface area contributed by atoms with Gasteiger partial charge in [0.05, 0.1) is 5.56 Å². The number of carbonyl (C=O) groups is 1. The van der Waals surface area contributed by atoms with E-state index in [0.717, 1.165) is 27.8 Å². The monoisotopic (exact) mass is 330 g/mol. The molecule has 0 unspecified atom stereocenters. The van der Waals surface area contributed by atoms with Gasteiger partial charge in [-0.15, -0.1) is 0 Å². The smallest absolute Gasteiger partial charge is 0.340 e. The number of phenolic OH excluding ortho intramolecular Hbond substituents is 2. The van der Waals surface area contributed by atoms with Gasteiger partial charge in [-0.1, -0.05) is 30.3 Å². The van der Waals surface area contributed by atoms with E-state index in [9.17, 15) is 15.0 Å². The molecule has 3 aromatic carbocycles. The third kappa shape index (κ3) is 1.74. The number of rotatable bonds is 0. The lowest BCUT2D eigenvalue weighted by molar-refractivity contribution is 0.0240. The highest BCUT2D eigenvalue weighted by Crippen LogP contribution is 2.52. The number of benzene rings is 3. The van der Waals surface area contributed by atoms with Gasteiger partial charge in [-0.2, -0.15) is 0 Å². The van der Waals surface area contributed by atoms with Gasteiger partial charge >= 0.3 is 5.97 Å². The van der Waals surface area contributed by atoms with Gasteiger partial charge in [0.25, 0.3) is 0 Å². The molecule has 0 fully saturated rings. The van der Waals surface area contributed by atoms with E-state index < -0.39 is 5.60 Å². The highest BCUT2D eigenvalue weighted by molar-refractivity contribution is 5.96. The number of carbonyl (C=O) groups excluding carboxylic acids is 1. The molecule has 1 spiro atoms. The second-order valence-corrected chi connectivity index (χ2v) is 6.48. The molecule has 4 heteroatoms. The third-order valence-electron chi connectivity index (χ3n) is 5.09. The number of hydrogen-bond acceptors (Lipinski definition) is 4. The first-order chi connectivity index (χ1) is 12.1. The van der Waals surface area contributed by atoms with Crippen molar-refractivity contribution in [2.24, 2.45) is 0 Å². The van der Waals surface area contributed by atoms with Crippen molar-refractivity contribution in [2.75, 3.05) is 0 Å². The van der Waals surface area contributed by atoms with Gasteiger partial charge in [0.1, 0.15) is 11.5 Å². The lowest BCUT2D eigenvalue weighted by atomic mass is 9.71. The Kier molecular flexibility index (Phi) is 2.61. The Morgan fingerprint density at radius 1 is 0.800 bits per heavy atom. The molecule has 0 amide bonds. The molecular formula is C21H14O4. The zero-order valence-corrected chi connectivity index (χ0v) is 13.2. The van der Waals surface area contributed by atoms with Crippen LogP contribution in [-0.4, -0.2) is 16.2 Å². The molecule has 0 bridgehead atoms. The predicted molar refractivity (Wildman–Crippen MR) is 90.8 cm³/mol. The third-order valence-corrected chi connectivity index (χ3v) is 5.09. The van der Waals surface area contributed by atoms with Crippen LogP contribution in [0.5, 0.6) is 11.5 Å². The average molecular weight is 330 g/mol. The van der Waals surface area contributed by atoms with Gasteiger partial charge < -0.3 is 14.9 Å². The topological polar surface area (TPSA) is 66.8 Å². The summed E-state index contributed by atoms with van der Waals surface area (Å²) in [5.74, 6) is -0.0410. The largest absolute Gasteiger partial charge is 0.508 e. The molecule has 1 heterocycles. The minimum Gasteiger partial charge on any atom is -0.508 e. The van der Waals surface area contributed by atoms with Crippen LogP contribution >= 0.6 is 0 Å². The Balaban J connectivity index is 1.91. The highest BCUT2D eigenvalue weighted by Gasteiger charge is 2.52. The molecule has 1 aliphatic carbocycles. The predicted octanol–water partition coefficient (Wildman–Crippen LogP) is 3.46. The molecule has 122 valence electrons. The normalized spacial score (nSPS) is 16.1.